The van der Waals surface area contributed by atoms with Gasteiger partial charge in [-0.25, -0.2) is 0 Å². The number of nitrogens with one attached hydrogen (secondary N) is 1. The highest BCUT2D eigenvalue weighted by atomic mass is 16.4. The molecule has 90 valence electrons. The standard InChI is InChI=1S/C12H19NO3/c1-2-3-9(14)13-11-8-5-4-7(6-8)10(11)12(15)16/h7-8,10-11H,2-6H2,1H3,(H,13,14)(H,15,16). The van der Waals surface area contributed by atoms with Gasteiger partial charge in [-0.3, -0.25) is 9.59 Å². The maximum Gasteiger partial charge on any atom is 0.308 e. The number of aliphatic carboxylic acids is 1. The van der Waals surface area contributed by atoms with Crippen LogP contribution in [0.2, 0.25) is 0 Å². The van der Waals surface area contributed by atoms with Gasteiger partial charge >= 0.3 is 5.97 Å². The van der Waals surface area contributed by atoms with Crippen molar-refractivity contribution in [3.63, 3.8) is 0 Å². The molecule has 2 aliphatic rings. The van der Waals surface area contributed by atoms with E-state index in [2.05, 4.69) is 5.32 Å². The van der Waals surface area contributed by atoms with Crippen LogP contribution in [-0.4, -0.2) is 23.0 Å². The van der Waals surface area contributed by atoms with Crippen molar-refractivity contribution in [3.05, 3.63) is 0 Å². The van der Waals surface area contributed by atoms with Crippen LogP contribution in [0.15, 0.2) is 0 Å². The van der Waals surface area contributed by atoms with E-state index in [1.165, 1.54) is 0 Å². The number of hydrogen-bond donors (Lipinski definition) is 2. The summed E-state index contributed by atoms with van der Waals surface area (Å²) in [6.45, 7) is 1.95. The fourth-order valence-corrected chi connectivity index (χ4v) is 3.34. The molecular weight excluding hydrogens is 206 g/mol. The van der Waals surface area contributed by atoms with Crippen molar-refractivity contribution in [1.29, 1.82) is 0 Å². The zero-order chi connectivity index (χ0) is 11.7. The largest absolute Gasteiger partial charge is 0.481 e. The molecule has 0 saturated heterocycles. The summed E-state index contributed by atoms with van der Waals surface area (Å²) in [6, 6.07) is -0.115. The third-order valence-electron chi connectivity index (χ3n) is 4.01. The Morgan fingerprint density at radius 2 is 2.00 bits per heavy atom. The van der Waals surface area contributed by atoms with Crippen molar-refractivity contribution in [2.45, 2.75) is 45.1 Å². The van der Waals surface area contributed by atoms with Gasteiger partial charge in [-0.15, -0.1) is 0 Å². The lowest BCUT2D eigenvalue weighted by molar-refractivity contribution is -0.144. The molecular formula is C12H19NO3. The molecule has 2 bridgehead atoms. The molecule has 0 heterocycles. The topological polar surface area (TPSA) is 66.4 Å². The first kappa shape index (κ1) is 11.4. The third kappa shape index (κ3) is 1.93. The average Bonchev–Trinajstić information content (AvgIpc) is 2.77. The van der Waals surface area contributed by atoms with Crippen LogP contribution < -0.4 is 5.32 Å². The Bertz CT molecular complexity index is 303. The zero-order valence-corrected chi connectivity index (χ0v) is 9.61. The molecule has 2 rings (SSSR count). The lowest BCUT2D eigenvalue weighted by Crippen LogP contribution is -2.46. The molecule has 0 radical (unpaired) electrons. The van der Waals surface area contributed by atoms with E-state index in [4.69, 9.17) is 0 Å². The van der Waals surface area contributed by atoms with Crippen molar-refractivity contribution in [2.24, 2.45) is 17.8 Å². The molecule has 0 aliphatic heterocycles. The average molecular weight is 225 g/mol. The number of carbonyl (C=O) groups excluding carboxylic acids is 1. The van der Waals surface area contributed by atoms with E-state index in [0.717, 1.165) is 25.7 Å². The van der Waals surface area contributed by atoms with Crippen molar-refractivity contribution < 1.29 is 14.7 Å². The van der Waals surface area contributed by atoms with E-state index >= 15 is 0 Å². The fraction of sp³-hybridized carbons (Fsp3) is 0.833. The highest BCUT2D eigenvalue weighted by molar-refractivity contribution is 5.78. The van der Waals surface area contributed by atoms with E-state index in [1.54, 1.807) is 0 Å². The van der Waals surface area contributed by atoms with Gasteiger partial charge in [0.25, 0.3) is 0 Å². The van der Waals surface area contributed by atoms with Crippen LogP contribution in [-0.2, 0) is 9.59 Å². The number of fused-ring (bicyclic) bond motifs is 2. The SMILES string of the molecule is CCCC(=O)NC1C2CCC(C2)C1C(=O)O. The Labute approximate surface area is 95.4 Å². The summed E-state index contributed by atoms with van der Waals surface area (Å²) in [7, 11) is 0. The Morgan fingerprint density at radius 1 is 1.31 bits per heavy atom. The van der Waals surface area contributed by atoms with Crippen molar-refractivity contribution >= 4 is 11.9 Å². The molecule has 0 spiro atoms. The second-order valence-electron chi connectivity index (χ2n) is 5.04. The first-order valence-electron chi connectivity index (χ1n) is 6.15. The van der Waals surface area contributed by atoms with Crippen LogP contribution in [0.4, 0.5) is 0 Å². The van der Waals surface area contributed by atoms with Gasteiger partial charge in [-0.05, 0) is 37.5 Å². The van der Waals surface area contributed by atoms with Crippen molar-refractivity contribution in [2.75, 3.05) is 0 Å². The smallest absolute Gasteiger partial charge is 0.308 e. The summed E-state index contributed by atoms with van der Waals surface area (Å²) in [5.41, 5.74) is 0. The minimum Gasteiger partial charge on any atom is -0.481 e. The first-order valence-corrected chi connectivity index (χ1v) is 6.15. The molecule has 4 nitrogen and oxygen atoms in total. The van der Waals surface area contributed by atoms with Gasteiger partial charge in [0.2, 0.25) is 5.91 Å². The highest BCUT2D eigenvalue weighted by Crippen LogP contribution is 2.48. The molecule has 4 atom stereocenters. The predicted octanol–water partition coefficient (Wildman–Crippen LogP) is 1.40. The molecule has 16 heavy (non-hydrogen) atoms. The predicted molar refractivity (Wildman–Crippen MR) is 58.8 cm³/mol. The van der Waals surface area contributed by atoms with Gasteiger partial charge in [0.1, 0.15) is 0 Å². The maximum atomic E-state index is 11.5. The van der Waals surface area contributed by atoms with Gasteiger partial charge in [-0.1, -0.05) is 6.92 Å². The second kappa shape index (κ2) is 4.44. The molecule has 2 aliphatic carbocycles. The van der Waals surface area contributed by atoms with Gasteiger partial charge in [0.15, 0.2) is 0 Å². The number of rotatable bonds is 4. The molecule has 0 aromatic heterocycles. The fourth-order valence-electron chi connectivity index (χ4n) is 3.34. The minimum absolute atomic E-state index is 0.00583. The normalized spacial score (nSPS) is 36.3. The molecule has 4 unspecified atom stereocenters. The Morgan fingerprint density at radius 3 is 2.62 bits per heavy atom. The number of carbonyl (C=O) groups is 2. The van der Waals surface area contributed by atoms with Crippen LogP contribution >= 0.6 is 0 Å². The number of carboxylic acids is 1. The summed E-state index contributed by atoms with van der Waals surface area (Å²) in [6.07, 6.45) is 4.38. The summed E-state index contributed by atoms with van der Waals surface area (Å²) >= 11 is 0. The quantitative estimate of drug-likeness (QED) is 0.760. The maximum absolute atomic E-state index is 11.5. The minimum atomic E-state index is -0.742. The molecule has 4 heteroatoms. The van der Waals surface area contributed by atoms with E-state index in [9.17, 15) is 14.7 Å². The van der Waals surface area contributed by atoms with Gasteiger partial charge in [0.05, 0.1) is 5.92 Å². The van der Waals surface area contributed by atoms with E-state index < -0.39 is 5.97 Å². The highest BCUT2D eigenvalue weighted by Gasteiger charge is 2.51. The van der Waals surface area contributed by atoms with E-state index in [0.29, 0.717) is 12.3 Å². The van der Waals surface area contributed by atoms with Gasteiger partial charge in [-0.2, -0.15) is 0 Å². The summed E-state index contributed by atoms with van der Waals surface area (Å²) in [5, 5.41) is 12.1. The molecule has 0 aromatic rings. The van der Waals surface area contributed by atoms with Crippen molar-refractivity contribution in [1.82, 2.24) is 5.32 Å². The number of carboxylic acid groups (broad SMARTS) is 1. The number of hydrogen-bond acceptors (Lipinski definition) is 2. The van der Waals surface area contributed by atoms with Gasteiger partial charge in [0, 0.05) is 12.5 Å². The second-order valence-corrected chi connectivity index (χ2v) is 5.04. The first-order chi connectivity index (χ1) is 7.63. The lowest BCUT2D eigenvalue weighted by atomic mass is 9.84. The van der Waals surface area contributed by atoms with Crippen molar-refractivity contribution in [3.8, 4) is 0 Å². The Hall–Kier alpha value is -1.06. The van der Waals surface area contributed by atoms with Crippen LogP contribution in [0, 0.1) is 17.8 Å². The monoisotopic (exact) mass is 225 g/mol. The van der Waals surface area contributed by atoms with E-state index in [1.807, 2.05) is 6.92 Å². The lowest BCUT2D eigenvalue weighted by Gasteiger charge is -2.28. The summed E-state index contributed by atoms with van der Waals surface area (Å²) < 4.78 is 0. The number of amides is 1. The third-order valence-corrected chi connectivity index (χ3v) is 4.01. The molecule has 2 saturated carbocycles. The molecule has 2 N–H and O–H groups in total. The Balaban J connectivity index is 2.02. The Kier molecular flexibility index (Phi) is 3.17. The molecule has 1 amide bonds. The van der Waals surface area contributed by atoms with Crippen LogP contribution in [0.3, 0.4) is 0 Å². The summed E-state index contributed by atoms with van der Waals surface area (Å²) in [4.78, 5) is 22.7. The van der Waals surface area contributed by atoms with Gasteiger partial charge < -0.3 is 10.4 Å². The molecule has 0 aromatic carbocycles. The van der Waals surface area contributed by atoms with Crippen LogP contribution in [0.25, 0.3) is 0 Å². The zero-order valence-electron chi connectivity index (χ0n) is 9.61. The molecule has 2 fully saturated rings. The van der Waals surface area contributed by atoms with E-state index in [-0.39, 0.29) is 23.8 Å². The summed E-state index contributed by atoms with van der Waals surface area (Å²) in [5.74, 6) is -0.402. The van der Waals surface area contributed by atoms with Crippen LogP contribution in [0.5, 0.6) is 0 Å². The van der Waals surface area contributed by atoms with Crippen LogP contribution in [0.1, 0.15) is 39.0 Å².